The normalized spacial score (nSPS) is 20.1. The van der Waals surface area contributed by atoms with Crippen molar-refractivity contribution in [1.82, 2.24) is 5.32 Å². The number of rotatable bonds is 6. The van der Waals surface area contributed by atoms with Crippen molar-refractivity contribution in [1.29, 1.82) is 0 Å². The molecule has 9 heteroatoms. The van der Waals surface area contributed by atoms with E-state index in [0.29, 0.717) is 12.1 Å². The number of alkyl halides is 2. The summed E-state index contributed by atoms with van der Waals surface area (Å²) in [6.07, 6.45) is 0. The van der Waals surface area contributed by atoms with Gasteiger partial charge in [0.05, 0.1) is 16.6 Å². The Labute approximate surface area is 175 Å². The third kappa shape index (κ3) is 3.96. The lowest BCUT2D eigenvalue weighted by Gasteiger charge is -2.11. The molecule has 1 saturated carbocycles. The van der Waals surface area contributed by atoms with Gasteiger partial charge in [-0.3, -0.25) is 4.79 Å². The molecule has 2 N–H and O–H groups in total. The summed E-state index contributed by atoms with van der Waals surface area (Å²) < 4.78 is 40.4. The van der Waals surface area contributed by atoms with Crippen LogP contribution < -0.4 is 10.6 Å². The minimum absolute atomic E-state index is 0.0209. The number of hydrogen-bond acceptors (Lipinski definition) is 2. The van der Waals surface area contributed by atoms with Crippen LogP contribution in [0.2, 0.25) is 5.02 Å². The van der Waals surface area contributed by atoms with E-state index in [4.69, 9.17) is 34.8 Å². The number of carbonyl (C=O) groups excluding carboxylic acids is 1. The van der Waals surface area contributed by atoms with Gasteiger partial charge in [0, 0.05) is 18.0 Å². The number of nitrogens with one attached hydrogen (secondary N) is 2. The largest absolute Gasteiger partial charge is 0.323 e. The topological polar surface area (TPSA) is 41.1 Å². The Balaban J connectivity index is 1.81. The van der Waals surface area contributed by atoms with E-state index < -0.39 is 39.5 Å². The molecule has 0 saturated heterocycles. The molecular weight excluding hydrogens is 436 g/mol. The molecule has 1 aliphatic carbocycles. The van der Waals surface area contributed by atoms with Gasteiger partial charge in [-0.2, -0.15) is 0 Å². The van der Waals surface area contributed by atoms with Crippen molar-refractivity contribution < 1.29 is 18.0 Å². The van der Waals surface area contributed by atoms with E-state index in [1.807, 2.05) is 0 Å². The lowest BCUT2D eigenvalue weighted by Crippen LogP contribution is -2.20. The second kappa shape index (κ2) is 8.11. The summed E-state index contributed by atoms with van der Waals surface area (Å²) in [5.74, 6) is -4.37. The molecule has 2 aromatic carbocycles. The maximum atomic E-state index is 14.6. The monoisotopic (exact) mass is 450 g/mol. The molecule has 0 bridgehead atoms. The lowest BCUT2D eigenvalue weighted by molar-refractivity contribution is -0.117. The average molecular weight is 452 g/mol. The van der Waals surface area contributed by atoms with Crippen LogP contribution in [0.25, 0.3) is 0 Å². The van der Waals surface area contributed by atoms with Gasteiger partial charge >= 0.3 is 0 Å². The second-order valence-electron chi connectivity index (χ2n) is 6.46. The molecule has 28 heavy (non-hydrogen) atoms. The summed E-state index contributed by atoms with van der Waals surface area (Å²) in [5, 5.41) is 5.13. The molecule has 2 aromatic rings. The molecule has 1 aliphatic rings. The summed E-state index contributed by atoms with van der Waals surface area (Å²) in [5.41, 5.74) is 0.135. The fourth-order valence-corrected chi connectivity index (χ4v) is 4.11. The van der Waals surface area contributed by atoms with E-state index in [1.54, 1.807) is 6.92 Å². The van der Waals surface area contributed by atoms with Crippen LogP contribution in [0, 0.1) is 23.4 Å². The molecule has 0 aliphatic heterocycles. The number of carbonyl (C=O) groups is 1. The van der Waals surface area contributed by atoms with Gasteiger partial charge in [-0.15, -0.1) is 23.2 Å². The molecule has 3 nitrogen and oxygen atoms in total. The minimum atomic E-state index is -1.45. The molecule has 2 atom stereocenters. The van der Waals surface area contributed by atoms with Gasteiger partial charge in [-0.1, -0.05) is 24.6 Å². The van der Waals surface area contributed by atoms with Gasteiger partial charge in [0.1, 0.15) is 16.0 Å². The average Bonchev–Trinajstić information content (AvgIpc) is 3.22. The second-order valence-corrected chi connectivity index (χ2v) is 8.31. The zero-order valence-electron chi connectivity index (χ0n) is 14.6. The molecule has 0 radical (unpaired) electrons. The zero-order valence-corrected chi connectivity index (χ0v) is 16.9. The number of halogens is 6. The summed E-state index contributed by atoms with van der Waals surface area (Å²) >= 11 is 18.2. The summed E-state index contributed by atoms with van der Waals surface area (Å²) in [6, 6.07) is 6.15. The number of anilines is 1. The van der Waals surface area contributed by atoms with Crippen LogP contribution in [0.15, 0.2) is 30.3 Å². The highest BCUT2D eigenvalue weighted by Gasteiger charge is 2.67. The van der Waals surface area contributed by atoms with Gasteiger partial charge in [-0.25, -0.2) is 13.2 Å². The maximum absolute atomic E-state index is 14.6. The Bertz CT molecular complexity index is 924. The highest BCUT2D eigenvalue weighted by molar-refractivity contribution is 6.53. The Morgan fingerprint density at radius 1 is 1.14 bits per heavy atom. The first-order valence-electron chi connectivity index (χ1n) is 8.49. The molecule has 1 fully saturated rings. The Morgan fingerprint density at radius 3 is 2.46 bits per heavy atom. The Kier molecular flexibility index (Phi) is 6.15. The third-order valence-corrected chi connectivity index (χ3v) is 5.86. The molecule has 150 valence electrons. The quantitative estimate of drug-likeness (QED) is 0.578. The molecule has 0 aromatic heterocycles. The van der Waals surface area contributed by atoms with E-state index >= 15 is 0 Å². The maximum Gasteiger partial charge on any atom is 0.231 e. The third-order valence-electron chi connectivity index (χ3n) is 4.63. The number of amides is 1. The van der Waals surface area contributed by atoms with E-state index in [1.165, 1.54) is 12.1 Å². The van der Waals surface area contributed by atoms with E-state index in [0.717, 1.165) is 18.2 Å². The first kappa shape index (κ1) is 21.2. The Morgan fingerprint density at radius 2 is 1.82 bits per heavy atom. The van der Waals surface area contributed by atoms with Crippen molar-refractivity contribution in [2.45, 2.75) is 23.7 Å². The molecule has 1 amide bonds. The van der Waals surface area contributed by atoms with Crippen molar-refractivity contribution in [3.8, 4) is 0 Å². The summed E-state index contributed by atoms with van der Waals surface area (Å²) in [6.45, 7) is 2.31. The van der Waals surface area contributed by atoms with E-state index in [2.05, 4.69) is 10.6 Å². The summed E-state index contributed by atoms with van der Waals surface area (Å²) in [4.78, 5) is 12.6. The van der Waals surface area contributed by atoms with Gasteiger partial charge in [-0.05, 0) is 36.4 Å². The van der Waals surface area contributed by atoms with Crippen molar-refractivity contribution >= 4 is 46.4 Å². The first-order chi connectivity index (χ1) is 13.2. The lowest BCUT2D eigenvalue weighted by atomic mass is 10.1. The standard InChI is InChI=1S/C19H16Cl3F3N2O/c1-2-26-8-10-12(23)5-6-14(17(10)25)27-18(28)16-15(19(16,21)22)9-3-4-13(24)11(20)7-9/h3-7,15-16,26H,2,8H2,1H3,(H,27,28)/t15-,16+/m0/s1. The van der Waals surface area contributed by atoms with Gasteiger partial charge in [0.15, 0.2) is 5.82 Å². The molecule has 3 rings (SSSR count). The number of hydrogen-bond donors (Lipinski definition) is 2. The smallest absolute Gasteiger partial charge is 0.231 e. The van der Waals surface area contributed by atoms with Gasteiger partial charge < -0.3 is 10.6 Å². The van der Waals surface area contributed by atoms with Crippen LogP contribution in [0.3, 0.4) is 0 Å². The van der Waals surface area contributed by atoms with Crippen molar-refractivity contribution in [3.05, 3.63) is 63.9 Å². The van der Waals surface area contributed by atoms with Crippen LogP contribution in [-0.2, 0) is 11.3 Å². The van der Waals surface area contributed by atoms with Gasteiger partial charge in [0.25, 0.3) is 0 Å². The fraction of sp³-hybridized carbons (Fsp3) is 0.316. The van der Waals surface area contributed by atoms with Crippen molar-refractivity contribution in [2.75, 3.05) is 11.9 Å². The molecular formula is C19H16Cl3F3N2O. The fourth-order valence-electron chi connectivity index (χ4n) is 3.09. The van der Waals surface area contributed by atoms with E-state index in [-0.39, 0.29) is 22.8 Å². The molecule has 0 spiro atoms. The highest BCUT2D eigenvalue weighted by atomic mass is 35.5. The number of benzene rings is 2. The minimum Gasteiger partial charge on any atom is -0.323 e. The van der Waals surface area contributed by atoms with E-state index in [9.17, 15) is 18.0 Å². The predicted octanol–water partition coefficient (Wildman–Crippen LogP) is 5.39. The Hall–Kier alpha value is -1.47. The summed E-state index contributed by atoms with van der Waals surface area (Å²) in [7, 11) is 0. The zero-order chi connectivity index (χ0) is 20.6. The predicted molar refractivity (Wildman–Crippen MR) is 104 cm³/mol. The highest BCUT2D eigenvalue weighted by Crippen LogP contribution is 2.65. The SMILES string of the molecule is CCNCc1c(F)ccc(NC(=O)[C@H]2[C@H](c3ccc(F)c(Cl)c3)C2(Cl)Cl)c1F. The van der Waals surface area contributed by atoms with Crippen LogP contribution in [0.5, 0.6) is 0 Å². The van der Waals surface area contributed by atoms with Crippen LogP contribution in [0.1, 0.15) is 24.0 Å². The molecule has 0 heterocycles. The van der Waals surface area contributed by atoms with Gasteiger partial charge in [0.2, 0.25) is 5.91 Å². The first-order valence-corrected chi connectivity index (χ1v) is 9.63. The van der Waals surface area contributed by atoms with Crippen molar-refractivity contribution in [2.24, 2.45) is 5.92 Å². The van der Waals surface area contributed by atoms with Crippen LogP contribution in [-0.4, -0.2) is 16.8 Å². The van der Waals surface area contributed by atoms with Crippen LogP contribution >= 0.6 is 34.8 Å². The van der Waals surface area contributed by atoms with Crippen LogP contribution in [0.4, 0.5) is 18.9 Å². The molecule has 0 unspecified atom stereocenters. The van der Waals surface area contributed by atoms with Crippen molar-refractivity contribution in [3.63, 3.8) is 0 Å².